The quantitative estimate of drug-likeness (QED) is 0.849. The van der Waals surface area contributed by atoms with Crippen molar-refractivity contribution in [2.45, 2.75) is 25.7 Å². The van der Waals surface area contributed by atoms with Crippen LogP contribution in [0.25, 0.3) is 0 Å². The molecule has 1 aliphatic heterocycles. The molecule has 1 unspecified atom stereocenters. The van der Waals surface area contributed by atoms with Crippen molar-refractivity contribution in [1.82, 2.24) is 15.2 Å². The van der Waals surface area contributed by atoms with Crippen molar-refractivity contribution >= 4 is 11.8 Å². The Labute approximate surface area is 124 Å². The Morgan fingerprint density at radius 1 is 1.38 bits per heavy atom. The van der Waals surface area contributed by atoms with E-state index in [-0.39, 0.29) is 17.7 Å². The van der Waals surface area contributed by atoms with E-state index < -0.39 is 0 Å². The second-order valence-electron chi connectivity index (χ2n) is 6.01. The molecule has 2 heterocycles. The largest absolute Gasteiger partial charge is 0.355 e. The number of nitrogens with one attached hydrogen (secondary N) is 1. The van der Waals surface area contributed by atoms with Gasteiger partial charge in [0, 0.05) is 44.4 Å². The van der Waals surface area contributed by atoms with E-state index in [0.29, 0.717) is 25.4 Å². The lowest BCUT2D eigenvalue weighted by molar-refractivity contribution is -0.129. The molecule has 1 aliphatic carbocycles. The monoisotopic (exact) mass is 287 g/mol. The summed E-state index contributed by atoms with van der Waals surface area (Å²) in [5.41, 5.74) is 0.968. The summed E-state index contributed by atoms with van der Waals surface area (Å²) in [6.45, 7) is 2.00. The summed E-state index contributed by atoms with van der Waals surface area (Å²) in [6.07, 6.45) is 5.29. The number of aromatic nitrogens is 1. The van der Waals surface area contributed by atoms with Gasteiger partial charge < -0.3 is 10.2 Å². The molecule has 1 N–H and O–H groups in total. The van der Waals surface area contributed by atoms with Gasteiger partial charge in [0.05, 0.1) is 5.92 Å². The van der Waals surface area contributed by atoms with E-state index in [1.807, 2.05) is 23.1 Å². The molecule has 2 fully saturated rings. The molecule has 112 valence electrons. The fraction of sp³-hybridized carbons (Fsp3) is 0.562. The fourth-order valence-corrected chi connectivity index (χ4v) is 2.74. The molecule has 1 atom stereocenters. The topological polar surface area (TPSA) is 62.3 Å². The van der Waals surface area contributed by atoms with Crippen LogP contribution >= 0.6 is 0 Å². The van der Waals surface area contributed by atoms with Gasteiger partial charge in [-0.25, -0.2) is 0 Å². The molecule has 1 saturated heterocycles. The van der Waals surface area contributed by atoms with E-state index in [2.05, 4.69) is 10.3 Å². The van der Waals surface area contributed by atoms with Crippen molar-refractivity contribution in [1.29, 1.82) is 0 Å². The lowest BCUT2D eigenvalue weighted by Crippen LogP contribution is -2.34. The van der Waals surface area contributed by atoms with Gasteiger partial charge in [0.1, 0.15) is 0 Å². The third-order valence-electron chi connectivity index (χ3n) is 4.17. The lowest BCUT2D eigenvalue weighted by Gasteiger charge is -2.15. The molecule has 5 nitrogen and oxygen atoms in total. The van der Waals surface area contributed by atoms with Gasteiger partial charge in [-0.3, -0.25) is 14.6 Å². The van der Waals surface area contributed by atoms with Gasteiger partial charge in [-0.15, -0.1) is 0 Å². The molecule has 2 amide bonds. The number of rotatable bonds is 6. The zero-order chi connectivity index (χ0) is 14.7. The van der Waals surface area contributed by atoms with Gasteiger partial charge in [0.2, 0.25) is 11.8 Å². The predicted octanol–water partition coefficient (Wildman–Crippen LogP) is 0.999. The Morgan fingerprint density at radius 3 is 2.95 bits per heavy atom. The van der Waals surface area contributed by atoms with Crippen LogP contribution in [-0.4, -0.2) is 41.3 Å². The maximum Gasteiger partial charge on any atom is 0.225 e. The molecule has 0 aromatic carbocycles. The van der Waals surface area contributed by atoms with Gasteiger partial charge in [0.15, 0.2) is 0 Å². The van der Waals surface area contributed by atoms with Crippen LogP contribution in [0.15, 0.2) is 24.4 Å². The van der Waals surface area contributed by atoms with Gasteiger partial charge >= 0.3 is 0 Å². The molecule has 1 aromatic rings. The molecular formula is C16H21N3O2. The van der Waals surface area contributed by atoms with E-state index in [4.69, 9.17) is 0 Å². The molecule has 0 bridgehead atoms. The maximum atomic E-state index is 12.1. The van der Waals surface area contributed by atoms with Crippen molar-refractivity contribution in [3.8, 4) is 0 Å². The highest BCUT2D eigenvalue weighted by molar-refractivity contribution is 5.89. The summed E-state index contributed by atoms with van der Waals surface area (Å²) in [5.74, 6) is 0.629. The zero-order valence-electron chi connectivity index (χ0n) is 12.1. The van der Waals surface area contributed by atoms with E-state index in [9.17, 15) is 9.59 Å². The standard InChI is InChI=1S/C16H21N3O2/c20-15-9-13(11-19(15)10-12-4-5-12)16(21)18-8-6-14-3-1-2-7-17-14/h1-3,7,12-13H,4-6,8-11H2,(H,18,21). The van der Waals surface area contributed by atoms with Crippen molar-refractivity contribution in [3.63, 3.8) is 0 Å². The van der Waals surface area contributed by atoms with Crippen LogP contribution in [0.2, 0.25) is 0 Å². The van der Waals surface area contributed by atoms with Crippen molar-refractivity contribution in [2.75, 3.05) is 19.6 Å². The second kappa shape index (κ2) is 6.24. The Hall–Kier alpha value is -1.91. The van der Waals surface area contributed by atoms with Crippen LogP contribution in [0, 0.1) is 11.8 Å². The fourth-order valence-electron chi connectivity index (χ4n) is 2.74. The first-order chi connectivity index (χ1) is 10.2. The normalized spacial score (nSPS) is 21.6. The molecular weight excluding hydrogens is 266 g/mol. The van der Waals surface area contributed by atoms with Crippen LogP contribution in [0.1, 0.15) is 25.0 Å². The number of amides is 2. The third-order valence-corrected chi connectivity index (χ3v) is 4.17. The first-order valence-electron chi connectivity index (χ1n) is 7.68. The Kier molecular flexibility index (Phi) is 4.18. The zero-order valence-corrected chi connectivity index (χ0v) is 12.1. The highest BCUT2D eigenvalue weighted by Crippen LogP contribution is 2.31. The van der Waals surface area contributed by atoms with Crippen LogP contribution in [-0.2, 0) is 16.0 Å². The summed E-state index contributed by atoms with van der Waals surface area (Å²) < 4.78 is 0. The smallest absolute Gasteiger partial charge is 0.225 e. The van der Waals surface area contributed by atoms with E-state index in [1.165, 1.54) is 12.8 Å². The molecule has 1 saturated carbocycles. The second-order valence-corrected chi connectivity index (χ2v) is 6.01. The van der Waals surface area contributed by atoms with E-state index in [1.54, 1.807) is 6.20 Å². The predicted molar refractivity (Wildman–Crippen MR) is 78.4 cm³/mol. The van der Waals surface area contributed by atoms with Gasteiger partial charge in [-0.05, 0) is 30.9 Å². The molecule has 5 heteroatoms. The van der Waals surface area contributed by atoms with Crippen LogP contribution in [0.4, 0.5) is 0 Å². The van der Waals surface area contributed by atoms with Crippen molar-refractivity contribution in [2.24, 2.45) is 11.8 Å². The molecule has 0 radical (unpaired) electrons. The van der Waals surface area contributed by atoms with Crippen LogP contribution in [0.3, 0.4) is 0 Å². The van der Waals surface area contributed by atoms with Crippen LogP contribution in [0.5, 0.6) is 0 Å². The van der Waals surface area contributed by atoms with E-state index >= 15 is 0 Å². The molecule has 2 aliphatic rings. The summed E-state index contributed by atoms with van der Waals surface area (Å²) in [4.78, 5) is 30.1. The number of likely N-dealkylation sites (tertiary alicyclic amines) is 1. The summed E-state index contributed by atoms with van der Waals surface area (Å²) in [7, 11) is 0. The first-order valence-corrected chi connectivity index (χ1v) is 7.68. The maximum absolute atomic E-state index is 12.1. The summed E-state index contributed by atoms with van der Waals surface area (Å²) in [5, 5.41) is 2.93. The Morgan fingerprint density at radius 2 is 2.24 bits per heavy atom. The Balaban J connectivity index is 1.42. The minimum Gasteiger partial charge on any atom is -0.355 e. The lowest BCUT2D eigenvalue weighted by atomic mass is 10.1. The SMILES string of the molecule is O=C(NCCc1ccccn1)C1CC(=O)N(CC2CC2)C1. The molecule has 0 spiro atoms. The summed E-state index contributed by atoms with van der Waals surface area (Å²) >= 11 is 0. The number of carbonyl (C=O) groups excluding carboxylic acids is 2. The first kappa shape index (κ1) is 14.0. The van der Waals surface area contributed by atoms with Crippen molar-refractivity contribution in [3.05, 3.63) is 30.1 Å². The Bertz CT molecular complexity index is 514. The van der Waals surface area contributed by atoms with Gasteiger partial charge in [-0.2, -0.15) is 0 Å². The van der Waals surface area contributed by atoms with Crippen LogP contribution < -0.4 is 5.32 Å². The van der Waals surface area contributed by atoms with Gasteiger partial charge in [-0.1, -0.05) is 6.07 Å². The highest BCUT2D eigenvalue weighted by Gasteiger charge is 2.36. The number of carbonyl (C=O) groups is 2. The van der Waals surface area contributed by atoms with E-state index in [0.717, 1.165) is 18.7 Å². The minimum absolute atomic E-state index is 0.00224. The third kappa shape index (κ3) is 3.80. The number of hydrogen-bond acceptors (Lipinski definition) is 3. The average Bonchev–Trinajstić information content (AvgIpc) is 3.23. The number of nitrogens with zero attached hydrogens (tertiary/aromatic N) is 2. The highest BCUT2D eigenvalue weighted by atomic mass is 16.2. The number of pyridine rings is 1. The van der Waals surface area contributed by atoms with Gasteiger partial charge in [0.25, 0.3) is 0 Å². The number of hydrogen-bond donors (Lipinski definition) is 1. The summed E-state index contributed by atoms with van der Waals surface area (Å²) in [6, 6.07) is 5.76. The average molecular weight is 287 g/mol. The molecule has 1 aromatic heterocycles. The van der Waals surface area contributed by atoms with Crippen molar-refractivity contribution < 1.29 is 9.59 Å². The minimum atomic E-state index is -0.181. The molecule has 3 rings (SSSR count). The molecule has 21 heavy (non-hydrogen) atoms.